The van der Waals surface area contributed by atoms with Crippen molar-refractivity contribution in [1.82, 2.24) is 5.32 Å². The number of nitrogens with one attached hydrogen (secondary N) is 1. The molecule has 0 saturated carbocycles. The second-order valence-electron chi connectivity index (χ2n) is 2.65. The van der Waals surface area contributed by atoms with E-state index in [-0.39, 0.29) is 6.04 Å². The molecular formula is C8H7NO3. The summed E-state index contributed by atoms with van der Waals surface area (Å²) in [7, 11) is 0. The van der Waals surface area contributed by atoms with Gasteiger partial charge in [0, 0.05) is 0 Å². The number of carbonyl (C=O) groups is 2. The van der Waals surface area contributed by atoms with Crippen molar-refractivity contribution in [2.24, 2.45) is 0 Å². The van der Waals surface area contributed by atoms with Crippen molar-refractivity contribution in [1.29, 1.82) is 0 Å². The number of fused-ring (bicyclic) bond motifs is 1. The van der Waals surface area contributed by atoms with Gasteiger partial charge in [-0.15, -0.1) is 0 Å². The van der Waals surface area contributed by atoms with Crippen LogP contribution in [0.25, 0.3) is 0 Å². The lowest BCUT2D eigenvalue weighted by atomic mass is 10.1. The van der Waals surface area contributed by atoms with Crippen LogP contribution in [0.5, 0.6) is 0 Å². The third-order valence-electron chi connectivity index (χ3n) is 1.81. The van der Waals surface area contributed by atoms with Crippen LogP contribution in [0.1, 0.15) is 6.42 Å². The third kappa shape index (κ3) is 1.01. The van der Waals surface area contributed by atoms with Crippen molar-refractivity contribution in [3.05, 3.63) is 24.0 Å². The Morgan fingerprint density at radius 3 is 3.17 bits per heavy atom. The monoisotopic (exact) mass is 165 g/mol. The minimum Gasteiger partial charge on any atom is -0.422 e. The molecule has 1 heterocycles. The lowest BCUT2D eigenvalue weighted by Gasteiger charge is -2.25. The van der Waals surface area contributed by atoms with E-state index in [1.165, 1.54) is 0 Å². The van der Waals surface area contributed by atoms with Crippen molar-refractivity contribution < 1.29 is 14.3 Å². The van der Waals surface area contributed by atoms with E-state index in [4.69, 9.17) is 4.74 Å². The van der Waals surface area contributed by atoms with Crippen LogP contribution in [0.4, 0.5) is 0 Å². The molecule has 0 bridgehead atoms. The molecule has 0 radical (unpaired) electrons. The van der Waals surface area contributed by atoms with Gasteiger partial charge in [0.25, 0.3) is 0 Å². The summed E-state index contributed by atoms with van der Waals surface area (Å²) in [6.07, 6.45) is 6.08. The number of hydrogen-bond acceptors (Lipinski definition) is 3. The van der Waals surface area contributed by atoms with Crippen molar-refractivity contribution in [2.75, 3.05) is 0 Å². The van der Waals surface area contributed by atoms with Crippen LogP contribution in [-0.4, -0.2) is 17.9 Å². The Morgan fingerprint density at radius 2 is 2.33 bits per heavy atom. The molecule has 2 aliphatic rings. The highest BCUT2D eigenvalue weighted by molar-refractivity contribution is 6.33. The number of carbonyl (C=O) groups excluding carboxylic acids is 2. The summed E-state index contributed by atoms with van der Waals surface area (Å²) in [4.78, 5) is 21.6. The zero-order valence-electron chi connectivity index (χ0n) is 6.24. The Kier molecular flexibility index (Phi) is 1.46. The van der Waals surface area contributed by atoms with Gasteiger partial charge in [0.1, 0.15) is 5.76 Å². The Hall–Kier alpha value is -1.58. The summed E-state index contributed by atoms with van der Waals surface area (Å²) in [5.74, 6) is -0.956. The predicted octanol–water partition coefficient (Wildman–Crippen LogP) is -0.128. The molecule has 4 nitrogen and oxygen atoms in total. The van der Waals surface area contributed by atoms with Crippen LogP contribution in [0, 0.1) is 0 Å². The number of rotatable bonds is 0. The van der Waals surface area contributed by atoms with Crippen LogP contribution in [0.15, 0.2) is 24.0 Å². The minimum absolute atomic E-state index is 0.153. The number of morpholine rings is 1. The molecule has 0 aromatic carbocycles. The topological polar surface area (TPSA) is 55.4 Å². The Bertz CT molecular complexity index is 303. The van der Waals surface area contributed by atoms with E-state index in [2.05, 4.69) is 5.32 Å². The van der Waals surface area contributed by atoms with Crippen molar-refractivity contribution in [2.45, 2.75) is 12.5 Å². The maximum Gasteiger partial charge on any atom is 0.401 e. The highest BCUT2D eigenvalue weighted by Gasteiger charge is 2.31. The van der Waals surface area contributed by atoms with Crippen molar-refractivity contribution in [3.63, 3.8) is 0 Å². The van der Waals surface area contributed by atoms with Crippen LogP contribution < -0.4 is 5.32 Å². The van der Waals surface area contributed by atoms with Crippen LogP contribution >= 0.6 is 0 Å². The molecule has 62 valence electrons. The largest absolute Gasteiger partial charge is 0.422 e. The molecular weight excluding hydrogens is 158 g/mol. The maximum absolute atomic E-state index is 10.8. The summed E-state index contributed by atoms with van der Waals surface area (Å²) >= 11 is 0. The van der Waals surface area contributed by atoms with Gasteiger partial charge in [-0.1, -0.05) is 12.2 Å². The summed E-state index contributed by atoms with van der Waals surface area (Å²) in [6, 6.07) is -0.153. The Morgan fingerprint density at radius 1 is 1.50 bits per heavy atom. The predicted molar refractivity (Wildman–Crippen MR) is 39.9 cm³/mol. The lowest BCUT2D eigenvalue weighted by Crippen LogP contribution is -2.47. The molecule has 1 atom stereocenters. The van der Waals surface area contributed by atoms with E-state index in [0.29, 0.717) is 12.2 Å². The lowest BCUT2D eigenvalue weighted by molar-refractivity contribution is -0.155. The molecule has 1 N–H and O–H groups in total. The average molecular weight is 165 g/mol. The molecule has 1 unspecified atom stereocenters. The molecule has 12 heavy (non-hydrogen) atoms. The van der Waals surface area contributed by atoms with E-state index in [0.717, 1.165) is 0 Å². The number of allylic oxidation sites excluding steroid dienone is 2. The second kappa shape index (κ2) is 2.48. The molecule has 1 amide bonds. The average Bonchev–Trinajstić information content (AvgIpc) is 2.07. The van der Waals surface area contributed by atoms with Crippen LogP contribution in [-0.2, 0) is 14.3 Å². The summed E-state index contributed by atoms with van der Waals surface area (Å²) in [5, 5.41) is 2.54. The molecule has 1 aliphatic heterocycles. The zero-order chi connectivity index (χ0) is 8.55. The van der Waals surface area contributed by atoms with E-state index < -0.39 is 11.9 Å². The van der Waals surface area contributed by atoms with Gasteiger partial charge in [-0.05, 0) is 12.5 Å². The number of hydrogen-bond donors (Lipinski definition) is 1. The van der Waals surface area contributed by atoms with Gasteiger partial charge in [-0.2, -0.15) is 0 Å². The fourth-order valence-corrected chi connectivity index (χ4v) is 1.22. The first-order valence-electron chi connectivity index (χ1n) is 3.67. The van der Waals surface area contributed by atoms with Crippen LogP contribution in [0.2, 0.25) is 0 Å². The highest BCUT2D eigenvalue weighted by Crippen LogP contribution is 2.17. The summed E-state index contributed by atoms with van der Waals surface area (Å²) in [6.45, 7) is 0. The first-order valence-corrected chi connectivity index (χ1v) is 3.67. The van der Waals surface area contributed by atoms with Crippen molar-refractivity contribution >= 4 is 11.9 Å². The van der Waals surface area contributed by atoms with Gasteiger partial charge in [0.2, 0.25) is 0 Å². The minimum atomic E-state index is -0.826. The molecule has 0 aromatic heterocycles. The smallest absolute Gasteiger partial charge is 0.401 e. The van der Waals surface area contributed by atoms with Gasteiger partial charge in [0.15, 0.2) is 0 Å². The van der Waals surface area contributed by atoms with Gasteiger partial charge in [0.05, 0.1) is 6.04 Å². The number of ether oxygens (including phenoxy) is 1. The fraction of sp³-hybridized carbons (Fsp3) is 0.250. The molecule has 1 aliphatic carbocycles. The summed E-state index contributed by atoms with van der Waals surface area (Å²) < 4.78 is 4.76. The first kappa shape index (κ1) is 7.09. The van der Waals surface area contributed by atoms with E-state index in [9.17, 15) is 9.59 Å². The quantitative estimate of drug-likeness (QED) is 0.402. The Balaban J connectivity index is 2.25. The highest BCUT2D eigenvalue weighted by atomic mass is 16.5. The first-order chi connectivity index (χ1) is 5.77. The second-order valence-corrected chi connectivity index (χ2v) is 2.65. The molecule has 0 spiro atoms. The molecule has 1 fully saturated rings. The van der Waals surface area contributed by atoms with E-state index >= 15 is 0 Å². The number of amides is 1. The van der Waals surface area contributed by atoms with E-state index in [1.807, 2.05) is 6.08 Å². The third-order valence-corrected chi connectivity index (χ3v) is 1.81. The van der Waals surface area contributed by atoms with Gasteiger partial charge >= 0.3 is 11.9 Å². The fourth-order valence-electron chi connectivity index (χ4n) is 1.22. The zero-order valence-corrected chi connectivity index (χ0v) is 6.24. The maximum atomic E-state index is 10.8. The normalized spacial score (nSPS) is 27.0. The SMILES string of the molecule is O=C1NC2CC=CC=C2OC1=O. The van der Waals surface area contributed by atoms with Crippen LogP contribution in [0.3, 0.4) is 0 Å². The standard InChI is InChI=1S/C8H7NO3/c10-7-8(11)12-6-4-2-1-3-5(6)9-7/h1-2,4-5H,3H2,(H,9,10). The Labute approximate surface area is 68.9 Å². The van der Waals surface area contributed by atoms with Gasteiger partial charge in [-0.25, -0.2) is 4.79 Å². The summed E-state index contributed by atoms with van der Waals surface area (Å²) in [5.41, 5.74) is 0. The van der Waals surface area contributed by atoms with Gasteiger partial charge in [-0.3, -0.25) is 4.79 Å². The van der Waals surface area contributed by atoms with E-state index in [1.54, 1.807) is 12.2 Å². The van der Waals surface area contributed by atoms with Crippen molar-refractivity contribution in [3.8, 4) is 0 Å². The van der Waals surface area contributed by atoms with Gasteiger partial charge < -0.3 is 10.1 Å². The molecule has 2 rings (SSSR count). The molecule has 0 aromatic rings. The molecule has 1 saturated heterocycles. The molecule has 4 heteroatoms. The number of esters is 1.